The lowest BCUT2D eigenvalue weighted by Crippen LogP contribution is -2.30. The van der Waals surface area contributed by atoms with Gasteiger partial charge in [-0.3, -0.25) is 10.5 Å². The fraction of sp³-hybridized carbons (Fsp3) is 0.273. The molecule has 0 bridgehead atoms. The smallest absolute Gasteiger partial charge is 0.129 e. The number of nitrogens with two attached hydrogens (primary N) is 1. The summed E-state index contributed by atoms with van der Waals surface area (Å²) in [5, 5.41) is 4.67. The predicted octanol–water partition coefficient (Wildman–Crippen LogP) is 1.50. The van der Waals surface area contributed by atoms with E-state index in [1.165, 1.54) is 0 Å². The van der Waals surface area contributed by atoms with Crippen molar-refractivity contribution in [3.05, 3.63) is 47.0 Å². The molecule has 0 spiro atoms. The highest BCUT2D eigenvalue weighted by molar-refractivity contribution is 6.29. The van der Waals surface area contributed by atoms with Crippen molar-refractivity contribution in [2.75, 3.05) is 0 Å². The molecule has 1 unspecified atom stereocenters. The Labute approximate surface area is 105 Å². The van der Waals surface area contributed by atoms with Gasteiger partial charge in [0.05, 0.1) is 11.7 Å². The second-order valence-electron chi connectivity index (χ2n) is 3.58. The van der Waals surface area contributed by atoms with Crippen LogP contribution in [-0.2, 0) is 6.54 Å². The Kier molecular flexibility index (Phi) is 3.73. The number of rotatable bonds is 4. The molecule has 2 aromatic heterocycles. The third-order valence-corrected chi connectivity index (χ3v) is 2.80. The van der Waals surface area contributed by atoms with Gasteiger partial charge in [0, 0.05) is 18.9 Å². The lowest BCUT2D eigenvalue weighted by Gasteiger charge is -2.17. The summed E-state index contributed by atoms with van der Waals surface area (Å²) in [5.74, 6) is 5.62. The number of hydrogen-bond acceptors (Lipinski definition) is 4. The number of pyridine rings is 1. The van der Waals surface area contributed by atoms with E-state index < -0.39 is 0 Å². The van der Waals surface area contributed by atoms with Gasteiger partial charge in [0.25, 0.3) is 0 Å². The van der Waals surface area contributed by atoms with Gasteiger partial charge >= 0.3 is 0 Å². The van der Waals surface area contributed by atoms with Crippen molar-refractivity contribution in [1.82, 2.24) is 20.2 Å². The van der Waals surface area contributed by atoms with Crippen LogP contribution in [0.25, 0.3) is 0 Å². The lowest BCUT2D eigenvalue weighted by atomic mass is 10.1. The zero-order chi connectivity index (χ0) is 12.3. The normalized spacial score (nSPS) is 12.6. The fourth-order valence-electron chi connectivity index (χ4n) is 1.80. The lowest BCUT2D eigenvalue weighted by molar-refractivity contribution is 0.543. The molecule has 2 rings (SSSR count). The summed E-state index contributed by atoms with van der Waals surface area (Å²) in [5.41, 5.74) is 4.73. The van der Waals surface area contributed by atoms with Crippen LogP contribution in [0.5, 0.6) is 0 Å². The van der Waals surface area contributed by atoms with Crippen molar-refractivity contribution in [3.63, 3.8) is 0 Å². The maximum atomic E-state index is 5.88. The molecule has 0 aliphatic rings. The summed E-state index contributed by atoms with van der Waals surface area (Å²) >= 11 is 5.88. The molecule has 3 N–H and O–H groups in total. The molecule has 5 nitrogen and oxygen atoms in total. The van der Waals surface area contributed by atoms with Gasteiger partial charge < -0.3 is 0 Å². The Balaban J connectivity index is 2.40. The van der Waals surface area contributed by atoms with Gasteiger partial charge in [0.15, 0.2) is 0 Å². The fourth-order valence-corrected chi connectivity index (χ4v) is 1.98. The molecule has 90 valence electrons. The summed E-state index contributed by atoms with van der Waals surface area (Å²) in [7, 11) is 0. The van der Waals surface area contributed by atoms with E-state index in [2.05, 4.69) is 15.5 Å². The number of hydrogen-bond donors (Lipinski definition) is 2. The minimum atomic E-state index is -0.141. The first kappa shape index (κ1) is 12.0. The van der Waals surface area contributed by atoms with Crippen molar-refractivity contribution >= 4 is 11.6 Å². The number of aromatic nitrogens is 3. The molecule has 2 heterocycles. The van der Waals surface area contributed by atoms with Gasteiger partial charge in [-0.1, -0.05) is 11.6 Å². The van der Waals surface area contributed by atoms with Crippen molar-refractivity contribution in [1.29, 1.82) is 0 Å². The number of hydrazine groups is 1. The first-order chi connectivity index (χ1) is 8.26. The summed E-state index contributed by atoms with van der Waals surface area (Å²) in [4.78, 5) is 3.95. The minimum Gasteiger partial charge on any atom is -0.271 e. The van der Waals surface area contributed by atoms with Crippen LogP contribution in [0.15, 0.2) is 30.6 Å². The van der Waals surface area contributed by atoms with Gasteiger partial charge in [0.2, 0.25) is 0 Å². The molecule has 6 heteroatoms. The quantitative estimate of drug-likeness (QED) is 0.491. The average Bonchev–Trinajstić information content (AvgIpc) is 2.78. The average molecular weight is 252 g/mol. The summed E-state index contributed by atoms with van der Waals surface area (Å²) in [6, 6.07) is 5.46. The van der Waals surface area contributed by atoms with E-state index in [0.29, 0.717) is 5.15 Å². The maximum Gasteiger partial charge on any atom is 0.129 e. The van der Waals surface area contributed by atoms with Crippen LogP contribution in [-0.4, -0.2) is 14.8 Å². The van der Waals surface area contributed by atoms with Crippen LogP contribution in [0.2, 0.25) is 5.15 Å². The molecule has 0 saturated heterocycles. The van der Waals surface area contributed by atoms with Gasteiger partial charge in [-0.25, -0.2) is 10.4 Å². The van der Waals surface area contributed by atoms with Gasteiger partial charge in [-0.2, -0.15) is 5.10 Å². The second-order valence-corrected chi connectivity index (χ2v) is 3.97. The first-order valence-electron chi connectivity index (χ1n) is 5.35. The SMILES string of the molecule is CCn1nccc1C(NN)c1ccnc(Cl)c1. The van der Waals surface area contributed by atoms with E-state index >= 15 is 0 Å². The Bertz CT molecular complexity index is 496. The molecule has 0 saturated carbocycles. The summed E-state index contributed by atoms with van der Waals surface area (Å²) in [6.07, 6.45) is 3.42. The minimum absolute atomic E-state index is 0.141. The zero-order valence-corrected chi connectivity index (χ0v) is 10.2. The predicted molar refractivity (Wildman–Crippen MR) is 66.3 cm³/mol. The third kappa shape index (κ3) is 2.46. The van der Waals surface area contributed by atoms with Crippen LogP contribution >= 0.6 is 11.6 Å². The Morgan fingerprint density at radius 1 is 1.47 bits per heavy atom. The van der Waals surface area contributed by atoms with E-state index in [0.717, 1.165) is 17.8 Å². The molecular weight excluding hydrogens is 238 g/mol. The molecule has 0 radical (unpaired) electrons. The van der Waals surface area contributed by atoms with Gasteiger partial charge in [0.1, 0.15) is 5.15 Å². The highest BCUT2D eigenvalue weighted by Crippen LogP contribution is 2.22. The molecule has 0 aliphatic heterocycles. The van der Waals surface area contributed by atoms with E-state index in [9.17, 15) is 0 Å². The molecule has 1 atom stereocenters. The van der Waals surface area contributed by atoms with Crippen molar-refractivity contribution in [2.24, 2.45) is 5.84 Å². The summed E-state index contributed by atoms with van der Waals surface area (Å²) in [6.45, 7) is 2.82. The first-order valence-corrected chi connectivity index (χ1v) is 5.73. The van der Waals surface area contributed by atoms with Crippen LogP contribution in [0.4, 0.5) is 0 Å². The Morgan fingerprint density at radius 3 is 2.94 bits per heavy atom. The number of nitrogens with zero attached hydrogens (tertiary/aromatic N) is 3. The second kappa shape index (κ2) is 5.27. The van der Waals surface area contributed by atoms with Crippen LogP contribution in [0.1, 0.15) is 24.2 Å². The Morgan fingerprint density at radius 2 is 2.29 bits per heavy atom. The Hall–Kier alpha value is -1.43. The standard InChI is InChI=1S/C11H14ClN5/c1-2-17-9(4-6-15-17)11(16-13)8-3-5-14-10(12)7-8/h3-7,11,16H,2,13H2,1H3. The molecule has 17 heavy (non-hydrogen) atoms. The third-order valence-electron chi connectivity index (χ3n) is 2.60. The van der Waals surface area contributed by atoms with Crippen LogP contribution in [0.3, 0.4) is 0 Å². The van der Waals surface area contributed by atoms with E-state index in [-0.39, 0.29) is 6.04 Å². The van der Waals surface area contributed by atoms with E-state index in [1.54, 1.807) is 18.5 Å². The van der Waals surface area contributed by atoms with Gasteiger partial charge in [-0.15, -0.1) is 0 Å². The highest BCUT2D eigenvalue weighted by Gasteiger charge is 2.16. The zero-order valence-electron chi connectivity index (χ0n) is 9.47. The van der Waals surface area contributed by atoms with Gasteiger partial charge in [-0.05, 0) is 30.7 Å². The van der Waals surface area contributed by atoms with Crippen molar-refractivity contribution < 1.29 is 0 Å². The molecule has 0 aromatic carbocycles. The topological polar surface area (TPSA) is 68.8 Å². The molecule has 0 aliphatic carbocycles. The molecule has 0 amide bonds. The van der Waals surface area contributed by atoms with Crippen LogP contribution in [0, 0.1) is 0 Å². The number of aryl methyl sites for hydroxylation is 1. The molecular formula is C11H14ClN5. The number of nitrogens with one attached hydrogen (secondary N) is 1. The van der Waals surface area contributed by atoms with Crippen molar-refractivity contribution in [2.45, 2.75) is 19.5 Å². The molecule has 0 fully saturated rings. The maximum absolute atomic E-state index is 5.88. The number of halogens is 1. The highest BCUT2D eigenvalue weighted by atomic mass is 35.5. The monoisotopic (exact) mass is 251 g/mol. The van der Waals surface area contributed by atoms with E-state index in [1.807, 2.05) is 23.7 Å². The summed E-state index contributed by atoms with van der Waals surface area (Å²) < 4.78 is 1.89. The molecule has 2 aromatic rings. The van der Waals surface area contributed by atoms with Crippen molar-refractivity contribution in [3.8, 4) is 0 Å². The van der Waals surface area contributed by atoms with E-state index in [4.69, 9.17) is 17.4 Å². The largest absolute Gasteiger partial charge is 0.271 e. The van der Waals surface area contributed by atoms with Crippen LogP contribution < -0.4 is 11.3 Å².